The normalized spacial score (nSPS) is 14.4. The fraction of sp³-hybridized carbons (Fsp3) is 0.533. The van der Waals surface area contributed by atoms with Crippen molar-refractivity contribution in [1.82, 2.24) is 5.32 Å². The van der Waals surface area contributed by atoms with E-state index in [4.69, 9.17) is 10.9 Å². The smallest absolute Gasteiger partial charge is 0.141 e. The average Bonchev–Trinajstić information content (AvgIpc) is 2.38. The summed E-state index contributed by atoms with van der Waals surface area (Å²) in [7, 11) is 0. The molecule has 0 spiro atoms. The number of nitrogens with zero attached hydrogens (tertiary/aromatic N) is 1. The molecule has 0 radical (unpaired) electrons. The van der Waals surface area contributed by atoms with Gasteiger partial charge >= 0.3 is 0 Å². The Labute approximate surface area is 115 Å². The van der Waals surface area contributed by atoms with Crippen LogP contribution in [0.5, 0.6) is 0 Å². The van der Waals surface area contributed by atoms with Crippen LogP contribution in [0.25, 0.3) is 0 Å². The fourth-order valence-electron chi connectivity index (χ4n) is 2.36. The molecule has 4 N–H and O–H groups in total. The minimum absolute atomic E-state index is 0.0188. The first-order valence-corrected chi connectivity index (χ1v) is 6.77. The Hall–Kier alpha value is -1.55. The number of nitrogens with one attached hydrogen (secondary N) is 1. The average molecular weight is 263 g/mol. The van der Waals surface area contributed by atoms with E-state index in [2.05, 4.69) is 43.4 Å². The lowest BCUT2D eigenvalue weighted by Crippen LogP contribution is -2.42. The molecule has 0 heterocycles. The van der Waals surface area contributed by atoms with Crippen LogP contribution in [-0.2, 0) is 0 Å². The molecule has 1 rings (SSSR count). The van der Waals surface area contributed by atoms with Gasteiger partial charge in [0.05, 0.1) is 0 Å². The Morgan fingerprint density at radius 1 is 1.37 bits per heavy atom. The third-order valence-corrected chi connectivity index (χ3v) is 3.18. The highest BCUT2D eigenvalue weighted by molar-refractivity contribution is 5.80. The molecule has 106 valence electrons. The molecule has 0 aliphatic rings. The zero-order valence-corrected chi connectivity index (χ0v) is 12.1. The molecule has 4 nitrogen and oxygen atoms in total. The summed E-state index contributed by atoms with van der Waals surface area (Å²) < 4.78 is 0. The van der Waals surface area contributed by atoms with Crippen LogP contribution in [0.4, 0.5) is 0 Å². The molecule has 1 unspecified atom stereocenters. The van der Waals surface area contributed by atoms with Gasteiger partial charge in [0.2, 0.25) is 0 Å². The van der Waals surface area contributed by atoms with Crippen molar-refractivity contribution in [3.05, 3.63) is 35.9 Å². The molecule has 19 heavy (non-hydrogen) atoms. The number of oxime groups is 1. The molecule has 1 aromatic rings. The molecule has 0 saturated carbocycles. The lowest BCUT2D eigenvalue weighted by Gasteiger charge is -2.32. The number of amidine groups is 1. The van der Waals surface area contributed by atoms with Crippen molar-refractivity contribution < 1.29 is 5.21 Å². The molecular formula is C15H25N3O. The van der Waals surface area contributed by atoms with E-state index in [1.165, 1.54) is 0 Å². The lowest BCUT2D eigenvalue weighted by molar-refractivity contribution is 0.303. The van der Waals surface area contributed by atoms with Gasteiger partial charge in [0.15, 0.2) is 0 Å². The molecule has 4 heteroatoms. The predicted molar refractivity (Wildman–Crippen MR) is 79.3 cm³/mol. The Morgan fingerprint density at radius 2 is 2.00 bits per heavy atom. The summed E-state index contributed by atoms with van der Waals surface area (Å²) in [6.45, 7) is 6.53. The van der Waals surface area contributed by atoms with E-state index < -0.39 is 0 Å². The molecule has 0 bridgehead atoms. The van der Waals surface area contributed by atoms with Crippen LogP contribution in [0.2, 0.25) is 0 Å². The molecule has 0 aromatic heterocycles. The number of benzene rings is 1. The Kier molecular flexibility index (Phi) is 5.83. The van der Waals surface area contributed by atoms with Gasteiger partial charge < -0.3 is 16.3 Å². The number of hydrogen-bond donors (Lipinski definition) is 3. The van der Waals surface area contributed by atoms with Gasteiger partial charge in [-0.3, -0.25) is 0 Å². The van der Waals surface area contributed by atoms with Gasteiger partial charge in [-0.15, -0.1) is 0 Å². The predicted octanol–water partition coefficient (Wildman–Crippen LogP) is 3.03. The van der Waals surface area contributed by atoms with Crippen molar-refractivity contribution in [3.8, 4) is 0 Å². The highest BCUT2D eigenvalue weighted by Gasteiger charge is 2.23. The molecule has 0 saturated heterocycles. The molecular weight excluding hydrogens is 238 g/mol. The zero-order valence-electron chi connectivity index (χ0n) is 12.1. The first-order valence-electron chi connectivity index (χ1n) is 6.77. The second-order valence-corrected chi connectivity index (χ2v) is 5.54. The molecule has 1 atom stereocenters. The second-order valence-electron chi connectivity index (χ2n) is 5.54. The Morgan fingerprint density at radius 3 is 2.53 bits per heavy atom. The van der Waals surface area contributed by atoms with E-state index in [9.17, 15) is 0 Å². The summed E-state index contributed by atoms with van der Waals surface area (Å²) >= 11 is 0. The van der Waals surface area contributed by atoms with E-state index >= 15 is 0 Å². The third-order valence-electron chi connectivity index (χ3n) is 3.18. The van der Waals surface area contributed by atoms with E-state index in [0.29, 0.717) is 6.42 Å². The van der Waals surface area contributed by atoms with Gasteiger partial charge in [-0.2, -0.15) is 0 Å². The van der Waals surface area contributed by atoms with E-state index in [1.807, 2.05) is 18.2 Å². The van der Waals surface area contributed by atoms with Crippen molar-refractivity contribution in [2.24, 2.45) is 10.9 Å². The maximum atomic E-state index is 8.77. The summed E-state index contributed by atoms with van der Waals surface area (Å²) in [5.74, 6) is 0.244. The summed E-state index contributed by atoms with van der Waals surface area (Å²) in [6, 6.07) is 10.2. The van der Waals surface area contributed by atoms with Gasteiger partial charge in [0.25, 0.3) is 0 Å². The maximum absolute atomic E-state index is 8.77. The summed E-state index contributed by atoms with van der Waals surface area (Å²) in [6.07, 6.45) is 2.69. The lowest BCUT2D eigenvalue weighted by atomic mass is 9.94. The van der Waals surface area contributed by atoms with Crippen LogP contribution in [-0.4, -0.2) is 16.6 Å². The first-order chi connectivity index (χ1) is 8.98. The quantitative estimate of drug-likeness (QED) is 0.306. The van der Waals surface area contributed by atoms with Crippen LogP contribution < -0.4 is 11.1 Å². The van der Waals surface area contributed by atoms with Gasteiger partial charge in [-0.25, -0.2) is 0 Å². The fourth-order valence-corrected chi connectivity index (χ4v) is 2.36. The second kappa shape index (κ2) is 7.14. The van der Waals surface area contributed by atoms with Crippen molar-refractivity contribution in [2.75, 3.05) is 0 Å². The van der Waals surface area contributed by atoms with Gasteiger partial charge in [-0.1, -0.05) is 48.8 Å². The highest BCUT2D eigenvalue weighted by Crippen LogP contribution is 2.22. The highest BCUT2D eigenvalue weighted by atomic mass is 16.4. The zero-order chi connectivity index (χ0) is 14.3. The summed E-state index contributed by atoms with van der Waals surface area (Å²) in [5, 5.41) is 15.5. The number of hydrogen-bond acceptors (Lipinski definition) is 3. The Balaban J connectivity index is 2.87. The van der Waals surface area contributed by atoms with E-state index in [-0.39, 0.29) is 17.4 Å². The third kappa shape index (κ3) is 5.30. The van der Waals surface area contributed by atoms with E-state index in [0.717, 1.165) is 18.4 Å². The van der Waals surface area contributed by atoms with Crippen LogP contribution in [0.1, 0.15) is 51.6 Å². The molecule has 0 fully saturated rings. The SMILES string of the molecule is CCCC(C)(C)NC(C/C(N)=N/O)c1ccccc1. The minimum Gasteiger partial charge on any atom is -0.409 e. The number of rotatable bonds is 7. The van der Waals surface area contributed by atoms with Gasteiger partial charge in [0.1, 0.15) is 5.84 Å². The molecule has 1 aromatic carbocycles. The van der Waals surface area contributed by atoms with Crippen molar-refractivity contribution >= 4 is 5.84 Å². The van der Waals surface area contributed by atoms with Crippen molar-refractivity contribution in [1.29, 1.82) is 0 Å². The van der Waals surface area contributed by atoms with Crippen LogP contribution in [0, 0.1) is 0 Å². The molecule has 0 aliphatic heterocycles. The monoisotopic (exact) mass is 263 g/mol. The minimum atomic E-state index is 0.0188. The van der Waals surface area contributed by atoms with Gasteiger partial charge in [0, 0.05) is 18.0 Å². The van der Waals surface area contributed by atoms with E-state index in [1.54, 1.807) is 0 Å². The van der Waals surface area contributed by atoms with Crippen LogP contribution in [0.15, 0.2) is 35.5 Å². The summed E-state index contributed by atoms with van der Waals surface area (Å²) in [4.78, 5) is 0. The number of nitrogens with two attached hydrogens (primary N) is 1. The first kappa shape index (κ1) is 15.5. The molecule has 0 amide bonds. The van der Waals surface area contributed by atoms with Crippen molar-refractivity contribution in [2.45, 2.75) is 51.6 Å². The van der Waals surface area contributed by atoms with Crippen LogP contribution in [0.3, 0.4) is 0 Å². The topological polar surface area (TPSA) is 70.6 Å². The molecule has 0 aliphatic carbocycles. The maximum Gasteiger partial charge on any atom is 0.141 e. The van der Waals surface area contributed by atoms with Crippen molar-refractivity contribution in [3.63, 3.8) is 0 Å². The standard InChI is InChI=1S/C15H25N3O/c1-4-10-15(2,3)17-13(11-14(16)18-19)12-8-6-5-7-9-12/h5-9,13,17,19H,4,10-11H2,1-3H3,(H2,16,18). The summed E-state index contributed by atoms with van der Waals surface area (Å²) in [5.41, 5.74) is 6.83. The van der Waals surface area contributed by atoms with Gasteiger partial charge in [-0.05, 0) is 25.8 Å². The Bertz CT molecular complexity index is 401. The largest absolute Gasteiger partial charge is 0.409 e. The van der Waals surface area contributed by atoms with Crippen LogP contribution >= 0.6 is 0 Å².